The molecule has 0 atom stereocenters. The molecule has 2 nitrogen and oxygen atoms in total. The van der Waals surface area contributed by atoms with Crippen molar-refractivity contribution in [2.24, 2.45) is 0 Å². The number of phenols is 1. The first kappa shape index (κ1) is 10.9. The van der Waals surface area contributed by atoms with E-state index < -0.39 is 0 Å². The van der Waals surface area contributed by atoms with Crippen LogP contribution in [0, 0.1) is 13.8 Å². The van der Waals surface area contributed by atoms with Gasteiger partial charge in [-0.15, -0.1) is 0 Å². The van der Waals surface area contributed by atoms with Gasteiger partial charge in [-0.25, -0.2) is 0 Å². The van der Waals surface area contributed by atoms with Crippen LogP contribution in [0.4, 0.5) is 0 Å². The molecule has 2 N–H and O–H groups in total. The lowest BCUT2D eigenvalue weighted by molar-refractivity contribution is 0.477. The molecule has 18 heavy (non-hydrogen) atoms. The molecule has 0 aliphatic rings. The number of para-hydroxylation sites is 1. The van der Waals surface area contributed by atoms with E-state index in [1.807, 2.05) is 18.2 Å². The minimum atomic E-state index is 0.309. The lowest BCUT2D eigenvalue weighted by atomic mass is 10.0. The van der Waals surface area contributed by atoms with Crippen molar-refractivity contribution in [3.05, 3.63) is 53.6 Å². The van der Waals surface area contributed by atoms with Crippen LogP contribution in [-0.4, -0.2) is 10.1 Å². The van der Waals surface area contributed by atoms with Crippen LogP contribution < -0.4 is 0 Å². The van der Waals surface area contributed by atoms with Crippen molar-refractivity contribution in [1.82, 2.24) is 4.98 Å². The van der Waals surface area contributed by atoms with Gasteiger partial charge in [0.05, 0.1) is 5.69 Å². The maximum atomic E-state index is 9.95. The predicted molar refractivity (Wildman–Crippen MR) is 74.9 cm³/mol. The Bertz CT molecular complexity index is 725. The minimum absolute atomic E-state index is 0.309. The van der Waals surface area contributed by atoms with Gasteiger partial charge in [0.1, 0.15) is 5.75 Å². The Morgan fingerprint density at radius 1 is 1.00 bits per heavy atom. The highest BCUT2D eigenvalue weighted by atomic mass is 16.3. The summed E-state index contributed by atoms with van der Waals surface area (Å²) >= 11 is 0. The van der Waals surface area contributed by atoms with Gasteiger partial charge in [-0.1, -0.05) is 23.8 Å². The number of aromatic nitrogens is 1. The normalized spacial score (nSPS) is 11.0. The van der Waals surface area contributed by atoms with Crippen LogP contribution >= 0.6 is 0 Å². The maximum absolute atomic E-state index is 9.95. The number of aryl methyl sites for hydroxylation is 2. The highest BCUT2D eigenvalue weighted by Gasteiger charge is 2.12. The second-order valence-corrected chi connectivity index (χ2v) is 4.69. The minimum Gasteiger partial charge on any atom is -0.507 e. The van der Waals surface area contributed by atoms with Crippen molar-refractivity contribution in [2.45, 2.75) is 13.8 Å². The van der Waals surface area contributed by atoms with Crippen molar-refractivity contribution in [2.75, 3.05) is 0 Å². The van der Waals surface area contributed by atoms with Gasteiger partial charge in [-0.05, 0) is 43.7 Å². The Balaban J connectivity index is 2.31. The van der Waals surface area contributed by atoms with Gasteiger partial charge in [0, 0.05) is 16.5 Å². The summed E-state index contributed by atoms with van der Waals surface area (Å²) in [6.45, 7) is 4.17. The molecule has 0 saturated heterocycles. The summed E-state index contributed by atoms with van der Waals surface area (Å²) in [6.07, 6.45) is 0. The fourth-order valence-electron chi connectivity index (χ4n) is 2.39. The van der Waals surface area contributed by atoms with Crippen LogP contribution in [0.5, 0.6) is 5.75 Å². The highest BCUT2D eigenvalue weighted by molar-refractivity contribution is 5.91. The summed E-state index contributed by atoms with van der Waals surface area (Å²) < 4.78 is 0. The SMILES string of the molecule is Cc1ccc2[nH]c(-c3ccccc3O)c(C)c2c1. The van der Waals surface area contributed by atoms with E-state index in [2.05, 4.69) is 37.0 Å². The first-order valence-corrected chi connectivity index (χ1v) is 6.04. The van der Waals surface area contributed by atoms with Crippen molar-refractivity contribution >= 4 is 10.9 Å². The van der Waals surface area contributed by atoms with Crippen LogP contribution in [0.1, 0.15) is 11.1 Å². The Hall–Kier alpha value is -2.22. The zero-order valence-electron chi connectivity index (χ0n) is 10.5. The van der Waals surface area contributed by atoms with Crippen LogP contribution in [0.2, 0.25) is 0 Å². The van der Waals surface area contributed by atoms with Crippen LogP contribution in [-0.2, 0) is 0 Å². The molecular formula is C16H15NO. The third-order valence-electron chi connectivity index (χ3n) is 3.39. The maximum Gasteiger partial charge on any atom is 0.124 e. The number of aromatic amines is 1. The summed E-state index contributed by atoms with van der Waals surface area (Å²) in [5, 5.41) is 11.2. The predicted octanol–water partition coefficient (Wildman–Crippen LogP) is 4.16. The van der Waals surface area contributed by atoms with Crippen molar-refractivity contribution < 1.29 is 5.11 Å². The monoisotopic (exact) mass is 237 g/mol. The zero-order valence-corrected chi connectivity index (χ0v) is 10.5. The van der Waals surface area contributed by atoms with Gasteiger partial charge >= 0.3 is 0 Å². The first-order valence-electron chi connectivity index (χ1n) is 6.04. The van der Waals surface area contributed by atoms with Gasteiger partial charge in [-0.2, -0.15) is 0 Å². The van der Waals surface area contributed by atoms with E-state index in [1.165, 1.54) is 16.5 Å². The number of phenolic OH excluding ortho intramolecular Hbond substituents is 1. The number of benzene rings is 2. The van der Waals surface area contributed by atoms with E-state index in [0.717, 1.165) is 16.8 Å². The van der Waals surface area contributed by atoms with Crippen molar-refractivity contribution in [1.29, 1.82) is 0 Å². The van der Waals surface area contributed by atoms with Crippen molar-refractivity contribution in [3.8, 4) is 17.0 Å². The Morgan fingerprint density at radius 2 is 1.78 bits per heavy atom. The van der Waals surface area contributed by atoms with Crippen molar-refractivity contribution in [3.63, 3.8) is 0 Å². The third-order valence-corrected chi connectivity index (χ3v) is 3.39. The van der Waals surface area contributed by atoms with E-state index in [-0.39, 0.29) is 0 Å². The average molecular weight is 237 g/mol. The second kappa shape index (κ2) is 3.91. The lowest BCUT2D eigenvalue weighted by Gasteiger charge is -2.03. The van der Waals surface area contributed by atoms with Gasteiger partial charge in [0.2, 0.25) is 0 Å². The number of nitrogens with one attached hydrogen (secondary N) is 1. The number of hydrogen-bond acceptors (Lipinski definition) is 1. The molecule has 0 bridgehead atoms. The molecular weight excluding hydrogens is 222 g/mol. The molecule has 2 aromatic carbocycles. The van der Waals surface area contributed by atoms with E-state index in [0.29, 0.717) is 5.75 Å². The lowest BCUT2D eigenvalue weighted by Crippen LogP contribution is -1.81. The topological polar surface area (TPSA) is 36.0 Å². The smallest absolute Gasteiger partial charge is 0.124 e. The highest BCUT2D eigenvalue weighted by Crippen LogP contribution is 2.34. The fourth-order valence-corrected chi connectivity index (χ4v) is 2.39. The molecule has 1 aromatic heterocycles. The van der Waals surface area contributed by atoms with Gasteiger partial charge in [0.15, 0.2) is 0 Å². The van der Waals surface area contributed by atoms with Crippen LogP contribution in [0.3, 0.4) is 0 Å². The molecule has 0 fully saturated rings. The van der Waals surface area contributed by atoms with E-state index in [9.17, 15) is 5.11 Å². The molecule has 3 aromatic rings. The molecule has 0 saturated carbocycles. The van der Waals surface area contributed by atoms with Gasteiger partial charge < -0.3 is 10.1 Å². The number of H-pyrrole nitrogens is 1. The third kappa shape index (κ3) is 1.58. The standard InChI is InChI=1S/C16H15NO/c1-10-7-8-14-13(9-10)11(2)16(17-14)12-5-3-4-6-15(12)18/h3-9,17-18H,1-2H3. The second-order valence-electron chi connectivity index (χ2n) is 4.69. The number of aromatic hydroxyl groups is 1. The molecule has 1 heterocycles. The molecule has 0 radical (unpaired) electrons. The first-order chi connectivity index (χ1) is 8.66. The average Bonchev–Trinajstić information content (AvgIpc) is 2.68. The van der Waals surface area contributed by atoms with Crippen LogP contribution in [0.15, 0.2) is 42.5 Å². The quantitative estimate of drug-likeness (QED) is 0.655. The largest absolute Gasteiger partial charge is 0.507 e. The molecule has 3 rings (SSSR count). The number of fused-ring (bicyclic) bond motifs is 1. The summed E-state index contributed by atoms with van der Waals surface area (Å²) in [5.41, 5.74) is 5.37. The number of hydrogen-bond donors (Lipinski definition) is 2. The van der Waals surface area contributed by atoms with Crippen LogP contribution in [0.25, 0.3) is 22.2 Å². The summed E-state index contributed by atoms with van der Waals surface area (Å²) in [7, 11) is 0. The molecule has 0 aliphatic carbocycles. The van der Waals surface area contributed by atoms with Gasteiger partial charge in [0.25, 0.3) is 0 Å². The molecule has 2 heteroatoms. The Labute approximate surface area is 106 Å². The molecule has 90 valence electrons. The zero-order chi connectivity index (χ0) is 12.7. The Kier molecular flexibility index (Phi) is 2.37. The molecule has 0 unspecified atom stereocenters. The Morgan fingerprint density at radius 3 is 2.56 bits per heavy atom. The molecule has 0 amide bonds. The number of rotatable bonds is 1. The van der Waals surface area contributed by atoms with E-state index >= 15 is 0 Å². The van der Waals surface area contributed by atoms with E-state index in [4.69, 9.17) is 0 Å². The summed E-state index contributed by atoms with van der Waals surface area (Å²) in [4.78, 5) is 3.39. The molecule has 0 aliphatic heterocycles. The van der Waals surface area contributed by atoms with E-state index in [1.54, 1.807) is 6.07 Å². The molecule has 0 spiro atoms. The van der Waals surface area contributed by atoms with Gasteiger partial charge in [-0.3, -0.25) is 0 Å². The summed E-state index contributed by atoms with van der Waals surface area (Å²) in [6, 6.07) is 13.8. The fraction of sp³-hybridized carbons (Fsp3) is 0.125. The summed E-state index contributed by atoms with van der Waals surface area (Å²) in [5.74, 6) is 0.309.